The van der Waals surface area contributed by atoms with E-state index in [1.807, 2.05) is 6.92 Å². The number of anilines is 2. The molecule has 1 aromatic carbocycles. The number of hydrogen-bond donors (Lipinski definition) is 2. The number of nitrogens with one attached hydrogen (secondary N) is 2. The molecule has 0 aliphatic rings. The second-order valence-electron chi connectivity index (χ2n) is 4.19. The van der Waals surface area contributed by atoms with Crippen LogP contribution in [0.2, 0.25) is 10.0 Å². The molecule has 1 heterocycles. The molecule has 1 amide bonds. The van der Waals surface area contributed by atoms with E-state index in [0.717, 1.165) is 5.69 Å². The highest BCUT2D eigenvalue weighted by atomic mass is 35.5. The van der Waals surface area contributed by atoms with E-state index >= 15 is 0 Å². The fourth-order valence-electron chi connectivity index (χ4n) is 1.72. The van der Waals surface area contributed by atoms with Gasteiger partial charge in [0.25, 0.3) is 5.91 Å². The topological polar surface area (TPSA) is 54.0 Å². The van der Waals surface area contributed by atoms with Crippen LogP contribution in [0, 0.1) is 6.92 Å². The molecule has 0 radical (unpaired) electrons. The fourth-order valence-corrected chi connectivity index (χ4v) is 2.07. The quantitative estimate of drug-likeness (QED) is 0.901. The standard InChI is InChI=1S/C14H13Cl2N3O/c1-8-6-9(7-12(17-2)18-8)14(20)19-11-5-3-4-10(15)13(11)16/h3-7H,1-2H3,(H,17,18)(H,19,20). The van der Waals surface area contributed by atoms with Crippen molar-refractivity contribution in [1.82, 2.24) is 4.98 Å². The average Bonchev–Trinajstić information content (AvgIpc) is 2.43. The van der Waals surface area contributed by atoms with Crippen molar-refractivity contribution in [3.63, 3.8) is 0 Å². The zero-order chi connectivity index (χ0) is 14.7. The lowest BCUT2D eigenvalue weighted by molar-refractivity contribution is 0.102. The highest BCUT2D eigenvalue weighted by molar-refractivity contribution is 6.44. The van der Waals surface area contributed by atoms with Gasteiger partial charge in [-0.15, -0.1) is 0 Å². The molecule has 2 rings (SSSR count). The van der Waals surface area contributed by atoms with E-state index in [0.29, 0.717) is 27.1 Å². The second-order valence-corrected chi connectivity index (χ2v) is 4.97. The SMILES string of the molecule is CNc1cc(C(=O)Nc2cccc(Cl)c2Cl)cc(C)n1. The monoisotopic (exact) mass is 309 g/mol. The molecule has 0 bridgehead atoms. The lowest BCUT2D eigenvalue weighted by atomic mass is 10.2. The molecule has 0 saturated heterocycles. The van der Waals surface area contributed by atoms with Gasteiger partial charge in [0.1, 0.15) is 5.82 Å². The fraction of sp³-hybridized carbons (Fsp3) is 0.143. The van der Waals surface area contributed by atoms with Crippen molar-refractivity contribution in [2.24, 2.45) is 0 Å². The summed E-state index contributed by atoms with van der Waals surface area (Å²) in [6, 6.07) is 8.45. The number of carbonyl (C=O) groups is 1. The van der Waals surface area contributed by atoms with Gasteiger partial charge in [-0.3, -0.25) is 4.79 Å². The summed E-state index contributed by atoms with van der Waals surface area (Å²) in [7, 11) is 1.75. The molecule has 0 spiro atoms. The van der Waals surface area contributed by atoms with Gasteiger partial charge >= 0.3 is 0 Å². The van der Waals surface area contributed by atoms with Gasteiger partial charge in [0, 0.05) is 18.3 Å². The lowest BCUT2D eigenvalue weighted by Gasteiger charge is -2.09. The first kappa shape index (κ1) is 14.6. The predicted molar refractivity (Wildman–Crippen MR) is 82.9 cm³/mol. The normalized spacial score (nSPS) is 10.2. The van der Waals surface area contributed by atoms with Crippen molar-refractivity contribution >= 4 is 40.6 Å². The summed E-state index contributed by atoms with van der Waals surface area (Å²) < 4.78 is 0. The molecule has 1 aromatic heterocycles. The van der Waals surface area contributed by atoms with Crippen LogP contribution in [0.3, 0.4) is 0 Å². The van der Waals surface area contributed by atoms with Crippen molar-refractivity contribution in [2.75, 3.05) is 17.7 Å². The van der Waals surface area contributed by atoms with Crippen LogP contribution in [0.1, 0.15) is 16.1 Å². The summed E-state index contributed by atoms with van der Waals surface area (Å²) in [5, 5.41) is 6.36. The van der Waals surface area contributed by atoms with Gasteiger partial charge in [-0.25, -0.2) is 4.98 Å². The number of hydrogen-bond acceptors (Lipinski definition) is 3. The maximum Gasteiger partial charge on any atom is 0.255 e. The molecule has 0 fully saturated rings. The zero-order valence-electron chi connectivity index (χ0n) is 11.0. The Kier molecular flexibility index (Phi) is 4.47. The Balaban J connectivity index is 2.28. The molecular weight excluding hydrogens is 297 g/mol. The molecule has 20 heavy (non-hydrogen) atoms. The Hall–Kier alpha value is -1.78. The van der Waals surface area contributed by atoms with Crippen LogP contribution in [0.25, 0.3) is 0 Å². The number of carbonyl (C=O) groups excluding carboxylic acids is 1. The molecule has 0 aliphatic carbocycles. The zero-order valence-corrected chi connectivity index (χ0v) is 12.5. The number of aromatic nitrogens is 1. The minimum Gasteiger partial charge on any atom is -0.373 e. The van der Waals surface area contributed by atoms with Crippen LogP contribution < -0.4 is 10.6 Å². The molecule has 4 nitrogen and oxygen atoms in total. The molecule has 0 atom stereocenters. The number of nitrogens with zero attached hydrogens (tertiary/aromatic N) is 1. The summed E-state index contributed by atoms with van der Waals surface area (Å²) in [6.07, 6.45) is 0. The first-order valence-electron chi connectivity index (χ1n) is 5.93. The number of halogens is 2. The third kappa shape index (κ3) is 3.21. The third-order valence-electron chi connectivity index (χ3n) is 2.67. The van der Waals surface area contributed by atoms with E-state index in [1.165, 1.54) is 0 Å². The van der Waals surface area contributed by atoms with Gasteiger partial charge in [-0.1, -0.05) is 29.3 Å². The Morgan fingerprint density at radius 3 is 2.70 bits per heavy atom. The maximum atomic E-state index is 12.2. The van der Waals surface area contributed by atoms with Crippen molar-refractivity contribution < 1.29 is 4.79 Å². The van der Waals surface area contributed by atoms with Crippen molar-refractivity contribution in [3.8, 4) is 0 Å². The van der Waals surface area contributed by atoms with Gasteiger partial charge < -0.3 is 10.6 Å². The Bertz CT molecular complexity index is 659. The van der Waals surface area contributed by atoms with E-state index < -0.39 is 0 Å². The molecular formula is C14H13Cl2N3O. The maximum absolute atomic E-state index is 12.2. The molecule has 0 saturated carbocycles. The number of rotatable bonds is 3. The number of aryl methyl sites for hydroxylation is 1. The summed E-state index contributed by atoms with van der Waals surface area (Å²) in [4.78, 5) is 16.5. The van der Waals surface area contributed by atoms with Gasteiger partial charge in [-0.05, 0) is 31.2 Å². The highest BCUT2D eigenvalue weighted by Gasteiger charge is 2.11. The minimum atomic E-state index is -0.267. The van der Waals surface area contributed by atoms with Gasteiger partial charge in [0.05, 0.1) is 15.7 Å². The van der Waals surface area contributed by atoms with Gasteiger partial charge in [0.15, 0.2) is 0 Å². The van der Waals surface area contributed by atoms with Crippen LogP contribution in [0.5, 0.6) is 0 Å². The summed E-state index contributed by atoms with van der Waals surface area (Å²) >= 11 is 12.0. The average molecular weight is 310 g/mol. The predicted octanol–water partition coefficient (Wildman–Crippen LogP) is 3.99. The van der Waals surface area contributed by atoms with Crippen LogP contribution >= 0.6 is 23.2 Å². The summed E-state index contributed by atoms with van der Waals surface area (Å²) in [5.41, 5.74) is 1.72. The number of amides is 1. The summed E-state index contributed by atoms with van der Waals surface area (Å²) in [6.45, 7) is 1.82. The third-order valence-corrected chi connectivity index (χ3v) is 3.49. The van der Waals surface area contributed by atoms with E-state index in [1.54, 1.807) is 37.4 Å². The van der Waals surface area contributed by atoms with E-state index in [-0.39, 0.29) is 5.91 Å². The van der Waals surface area contributed by atoms with Crippen molar-refractivity contribution in [1.29, 1.82) is 0 Å². The van der Waals surface area contributed by atoms with Crippen LogP contribution in [0.15, 0.2) is 30.3 Å². The smallest absolute Gasteiger partial charge is 0.255 e. The van der Waals surface area contributed by atoms with Gasteiger partial charge in [0.2, 0.25) is 0 Å². The highest BCUT2D eigenvalue weighted by Crippen LogP contribution is 2.29. The largest absolute Gasteiger partial charge is 0.373 e. The first-order chi connectivity index (χ1) is 9.51. The first-order valence-corrected chi connectivity index (χ1v) is 6.68. The molecule has 0 aliphatic heterocycles. The summed E-state index contributed by atoms with van der Waals surface area (Å²) in [5.74, 6) is 0.364. The van der Waals surface area contributed by atoms with Crippen molar-refractivity contribution in [2.45, 2.75) is 6.92 Å². The minimum absolute atomic E-state index is 0.267. The lowest BCUT2D eigenvalue weighted by Crippen LogP contribution is -2.13. The molecule has 0 unspecified atom stereocenters. The Morgan fingerprint density at radius 2 is 2.00 bits per heavy atom. The van der Waals surface area contributed by atoms with Crippen molar-refractivity contribution in [3.05, 3.63) is 51.6 Å². The van der Waals surface area contributed by atoms with E-state index in [4.69, 9.17) is 23.2 Å². The molecule has 2 N–H and O–H groups in total. The van der Waals surface area contributed by atoms with Crippen LogP contribution in [-0.2, 0) is 0 Å². The Morgan fingerprint density at radius 1 is 1.25 bits per heavy atom. The van der Waals surface area contributed by atoms with Gasteiger partial charge in [-0.2, -0.15) is 0 Å². The Labute approximate surface area is 127 Å². The number of pyridine rings is 1. The molecule has 2 aromatic rings. The van der Waals surface area contributed by atoms with E-state index in [2.05, 4.69) is 15.6 Å². The second kappa shape index (κ2) is 6.11. The molecule has 6 heteroatoms. The number of benzene rings is 1. The molecule has 104 valence electrons. The van der Waals surface area contributed by atoms with E-state index in [9.17, 15) is 4.79 Å². The van der Waals surface area contributed by atoms with Crippen LogP contribution in [0.4, 0.5) is 11.5 Å². The van der Waals surface area contributed by atoms with Crippen LogP contribution in [-0.4, -0.2) is 17.9 Å².